The number of aryl methyl sites for hydroxylation is 1. The number of hydrogen-bond acceptors (Lipinski definition) is 8. The minimum Gasteiger partial charge on any atom is -0.344 e. The number of nitrogens with one attached hydrogen (secondary N) is 1. The van der Waals surface area contributed by atoms with Gasteiger partial charge in [-0.2, -0.15) is 0 Å². The fourth-order valence-corrected chi connectivity index (χ4v) is 10.1. The summed E-state index contributed by atoms with van der Waals surface area (Å²) in [4.78, 5) is 55.0. The predicted molar refractivity (Wildman–Crippen MR) is 212 cm³/mol. The molecule has 14 heteroatoms. The lowest BCUT2D eigenvalue weighted by atomic mass is 9.72. The van der Waals surface area contributed by atoms with Gasteiger partial charge < -0.3 is 19.4 Å². The molecule has 6 aromatic rings. The molecule has 0 saturated carbocycles. The Morgan fingerprint density at radius 2 is 1.18 bits per heavy atom. The Morgan fingerprint density at radius 3 is 1.73 bits per heavy atom. The van der Waals surface area contributed by atoms with Gasteiger partial charge in [-0.05, 0) is 0 Å². The van der Waals surface area contributed by atoms with Gasteiger partial charge in [0.1, 0.15) is 11.0 Å². The second-order valence-corrected chi connectivity index (χ2v) is 17.1. The average Bonchev–Trinajstić information content (AvgIpc) is 3.64. The van der Waals surface area contributed by atoms with E-state index in [4.69, 9.17) is 43.1 Å². The molecule has 4 fully saturated rings. The predicted octanol–water partition coefficient (Wildman–Crippen LogP) is 5.88. The third-order valence-corrected chi connectivity index (χ3v) is 12.9. The molecular weight excluding hydrogens is 735 g/mol. The zero-order valence-electron chi connectivity index (χ0n) is 30.9. The second-order valence-electron chi connectivity index (χ2n) is 16.3. The van der Waals surface area contributed by atoms with E-state index in [9.17, 15) is 9.59 Å². The maximum absolute atomic E-state index is 11.7. The van der Waals surface area contributed by atoms with Crippen molar-refractivity contribution in [3.63, 3.8) is 0 Å². The molecule has 4 saturated heterocycles. The zero-order chi connectivity index (χ0) is 37.8. The molecule has 0 aliphatic carbocycles. The highest BCUT2D eigenvalue weighted by atomic mass is 35.5. The van der Waals surface area contributed by atoms with E-state index in [0.29, 0.717) is 27.1 Å². The molecule has 4 aliphatic rings. The normalized spacial score (nSPS) is 18.8. The summed E-state index contributed by atoms with van der Waals surface area (Å²) >= 11 is 14.4. The van der Waals surface area contributed by atoms with Gasteiger partial charge in [-0.1, -0.05) is 59.6 Å². The maximum Gasteiger partial charge on any atom is 0.219 e. The Labute approximate surface area is 328 Å². The van der Waals surface area contributed by atoms with Crippen molar-refractivity contribution in [2.75, 3.05) is 52.4 Å². The molecule has 0 unspecified atom stereocenters. The maximum atomic E-state index is 11.7. The number of halogens is 2. The van der Waals surface area contributed by atoms with Crippen molar-refractivity contribution in [1.82, 2.24) is 49.1 Å². The van der Waals surface area contributed by atoms with Crippen LogP contribution >= 0.6 is 23.2 Å². The highest BCUT2D eigenvalue weighted by Gasteiger charge is 2.53. The first-order valence-corrected chi connectivity index (χ1v) is 19.4. The van der Waals surface area contributed by atoms with Crippen molar-refractivity contribution in [3.8, 4) is 33.6 Å². The van der Waals surface area contributed by atoms with E-state index >= 15 is 0 Å². The van der Waals surface area contributed by atoms with Crippen molar-refractivity contribution in [3.05, 3.63) is 82.4 Å². The molecule has 0 radical (unpaired) electrons. The molecule has 280 valence electrons. The number of H-pyrrole nitrogens is 1. The van der Waals surface area contributed by atoms with Crippen molar-refractivity contribution < 1.29 is 9.59 Å². The molecule has 12 nitrogen and oxygen atoms in total. The smallest absolute Gasteiger partial charge is 0.219 e. The number of fused-ring (bicyclic) bond motifs is 2. The molecule has 0 atom stereocenters. The Kier molecular flexibility index (Phi) is 7.91. The molecule has 1 N–H and O–H groups in total. The summed E-state index contributed by atoms with van der Waals surface area (Å²) in [7, 11) is 2.00. The third-order valence-electron chi connectivity index (χ3n) is 12.1. The Morgan fingerprint density at radius 1 is 0.691 bits per heavy atom. The number of hydrogen-bond donors (Lipinski definition) is 1. The number of benzene rings is 2. The molecule has 2 spiro atoms. The third kappa shape index (κ3) is 5.72. The van der Waals surface area contributed by atoms with E-state index < -0.39 is 0 Å². The van der Waals surface area contributed by atoms with Crippen LogP contribution in [0.3, 0.4) is 0 Å². The Bertz CT molecular complexity index is 2550. The van der Waals surface area contributed by atoms with E-state index in [1.54, 1.807) is 26.2 Å². The van der Waals surface area contributed by atoms with Gasteiger partial charge in [0.05, 0.1) is 33.8 Å². The van der Waals surface area contributed by atoms with Crippen molar-refractivity contribution in [2.45, 2.75) is 26.9 Å². The number of likely N-dealkylation sites (tertiary alicyclic amines) is 4. The molecule has 0 bridgehead atoms. The van der Waals surface area contributed by atoms with Crippen molar-refractivity contribution >= 4 is 57.3 Å². The summed E-state index contributed by atoms with van der Waals surface area (Å²) in [5.74, 6) is 0.317. The van der Waals surface area contributed by atoms with Gasteiger partial charge in [0.25, 0.3) is 0 Å². The monoisotopic (exact) mass is 774 g/mol. The van der Waals surface area contributed by atoms with Crippen LogP contribution < -0.4 is 0 Å². The molecule has 4 aliphatic heterocycles. The topological polar surface area (TPSA) is 119 Å². The quantitative estimate of drug-likeness (QED) is 0.214. The lowest BCUT2D eigenvalue weighted by molar-refractivity contribution is -0.158. The molecular formula is C41H40Cl2N10O2. The van der Waals surface area contributed by atoms with Gasteiger partial charge >= 0.3 is 0 Å². The number of aromatic nitrogens is 6. The van der Waals surface area contributed by atoms with E-state index in [2.05, 4.69) is 21.0 Å². The Hall–Kier alpha value is -4.88. The van der Waals surface area contributed by atoms with Crippen LogP contribution in [0.4, 0.5) is 0 Å². The van der Waals surface area contributed by atoms with Crippen LogP contribution in [0.2, 0.25) is 10.0 Å². The summed E-state index contributed by atoms with van der Waals surface area (Å²) in [5, 5.41) is 1.07. The van der Waals surface area contributed by atoms with Gasteiger partial charge in [-0.3, -0.25) is 29.4 Å². The molecule has 4 aromatic heterocycles. The van der Waals surface area contributed by atoms with Gasteiger partial charge in [-0.25, -0.2) is 9.97 Å². The fourth-order valence-electron chi connectivity index (χ4n) is 9.41. The van der Waals surface area contributed by atoms with Crippen molar-refractivity contribution in [1.29, 1.82) is 0 Å². The van der Waals surface area contributed by atoms with Gasteiger partial charge in [0, 0.05) is 143 Å². The highest BCUT2D eigenvalue weighted by molar-refractivity contribution is 6.39. The van der Waals surface area contributed by atoms with Gasteiger partial charge in [0.2, 0.25) is 11.8 Å². The number of amides is 2. The summed E-state index contributed by atoms with van der Waals surface area (Å²) in [6, 6.07) is 11.8. The van der Waals surface area contributed by atoms with E-state index in [1.165, 1.54) is 0 Å². The van der Waals surface area contributed by atoms with Gasteiger partial charge in [0.15, 0.2) is 11.3 Å². The molecule has 2 aromatic carbocycles. The van der Waals surface area contributed by atoms with Crippen LogP contribution in [-0.4, -0.2) is 113 Å². The molecule has 55 heavy (non-hydrogen) atoms. The summed E-state index contributed by atoms with van der Waals surface area (Å²) in [6.45, 7) is 12.2. The first-order chi connectivity index (χ1) is 26.5. The van der Waals surface area contributed by atoms with Crippen LogP contribution in [0.15, 0.2) is 61.2 Å². The van der Waals surface area contributed by atoms with Gasteiger partial charge in [-0.15, -0.1) is 0 Å². The molecule has 10 rings (SSSR count). The average molecular weight is 776 g/mol. The lowest BCUT2D eigenvalue weighted by Crippen LogP contribution is -2.72. The minimum absolute atomic E-state index is 0.157. The number of carbonyl (C=O) groups is 2. The van der Waals surface area contributed by atoms with Crippen LogP contribution in [0.25, 0.3) is 56.0 Å². The largest absolute Gasteiger partial charge is 0.344 e. The zero-order valence-corrected chi connectivity index (χ0v) is 32.5. The van der Waals surface area contributed by atoms with Crippen LogP contribution in [0, 0.1) is 10.8 Å². The lowest BCUT2D eigenvalue weighted by Gasteiger charge is -2.60. The standard InChI is InChI=1S/C41H40Cl2N10O2/c1-24(54)52-20-40(21-52)16-50(17-40)14-26-10-46-38-36(26)44-11-32(47-38)30-8-4-6-28(34(30)42)29-7-5-9-31(35(29)43)33-12-45-37-27(13-49(3)39(37)48-33)15-51-18-41(19-51)22-53(23-41)25(2)55/h4-13H,14-23H2,1-3H3,(H,46,47). The molecule has 2 amide bonds. The van der Waals surface area contributed by atoms with Crippen molar-refractivity contribution in [2.24, 2.45) is 17.9 Å². The summed E-state index contributed by atoms with van der Waals surface area (Å²) in [5.41, 5.74) is 10.4. The Balaban J connectivity index is 0.866. The number of carbonyl (C=O) groups excluding carboxylic acids is 2. The number of aromatic amines is 1. The number of nitrogens with zero attached hydrogens (tertiary/aromatic N) is 9. The first-order valence-electron chi connectivity index (χ1n) is 18.6. The van der Waals surface area contributed by atoms with E-state index in [1.807, 2.05) is 64.0 Å². The van der Waals surface area contributed by atoms with Crippen LogP contribution in [0.1, 0.15) is 25.0 Å². The fraction of sp³-hybridized carbons (Fsp3) is 0.366. The SMILES string of the molecule is CC(=O)N1CC2(CN(Cc3c[nH]c4nc(-c5cccc(-c6cccc(-c7cnc8c(CN9CC%10(C9)CN(C(C)=O)C%10)cn(C)c8n7)c6Cl)c5Cl)cnc34)C2)C1. The van der Waals surface area contributed by atoms with E-state index in [0.717, 1.165) is 116 Å². The van der Waals surface area contributed by atoms with Crippen LogP contribution in [-0.2, 0) is 29.7 Å². The second kappa shape index (κ2) is 12.6. The summed E-state index contributed by atoms with van der Waals surface area (Å²) < 4.78 is 2.03. The minimum atomic E-state index is 0.157. The number of rotatable bonds is 7. The molecule has 8 heterocycles. The highest BCUT2D eigenvalue weighted by Crippen LogP contribution is 2.44. The van der Waals surface area contributed by atoms with E-state index in [-0.39, 0.29) is 22.6 Å². The van der Waals surface area contributed by atoms with Crippen LogP contribution in [0.5, 0.6) is 0 Å². The summed E-state index contributed by atoms with van der Waals surface area (Å²) in [6.07, 6.45) is 7.68. The first kappa shape index (κ1) is 34.6.